The highest BCUT2D eigenvalue weighted by Gasteiger charge is 2.42. The van der Waals surface area contributed by atoms with Crippen LogP contribution in [0.4, 0.5) is 4.79 Å². The van der Waals surface area contributed by atoms with Gasteiger partial charge in [0.1, 0.15) is 5.60 Å². The normalized spacial score (nSPS) is 25.8. The van der Waals surface area contributed by atoms with Gasteiger partial charge in [-0.15, -0.1) is 0 Å². The van der Waals surface area contributed by atoms with Crippen molar-refractivity contribution < 1.29 is 9.53 Å². The lowest BCUT2D eigenvalue weighted by molar-refractivity contribution is 0.00820. The number of rotatable bonds is 0. The van der Waals surface area contributed by atoms with Gasteiger partial charge in [-0.1, -0.05) is 0 Å². The summed E-state index contributed by atoms with van der Waals surface area (Å²) in [6, 6.07) is 4.27. The summed E-state index contributed by atoms with van der Waals surface area (Å²) >= 11 is 0. The highest BCUT2D eigenvalue weighted by Crippen LogP contribution is 2.34. The molecule has 1 N–H and O–H groups in total. The lowest BCUT2D eigenvalue weighted by Gasteiger charge is -2.46. The molecule has 0 saturated carbocycles. The Bertz CT molecular complexity index is 532. The summed E-state index contributed by atoms with van der Waals surface area (Å²) in [5.74, 6) is 0. The maximum atomic E-state index is 12.4. The minimum absolute atomic E-state index is 0.114. The van der Waals surface area contributed by atoms with Crippen molar-refractivity contribution in [1.29, 1.82) is 0 Å². The Morgan fingerprint density at radius 3 is 2.95 bits per heavy atom. The van der Waals surface area contributed by atoms with E-state index in [0.717, 1.165) is 32.5 Å². The highest BCUT2D eigenvalue weighted by atomic mass is 16.6. The van der Waals surface area contributed by atoms with Crippen molar-refractivity contribution in [2.24, 2.45) is 0 Å². The molecule has 1 amide bonds. The first-order valence-corrected chi connectivity index (χ1v) is 7.78. The summed E-state index contributed by atoms with van der Waals surface area (Å²) in [6.07, 6.45) is 3.99. The number of fused-ring (bicyclic) bond motifs is 2. The molecule has 1 unspecified atom stereocenters. The maximum absolute atomic E-state index is 12.4. The zero-order valence-corrected chi connectivity index (χ0v) is 13.2. The predicted octanol–water partition coefficient (Wildman–Crippen LogP) is 2.32. The van der Waals surface area contributed by atoms with Crippen LogP contribution in [0.3, 0.4) is 0 Å². The lowest BCUT2D eigenvalue weighted by Crippen LogP contribution is -2.59. The molecule has 1 atom stereocenters. The first kappa shape index (κ1) is 14.4. The van der Waals surface area contributed by atoms with E-state index in [9.17, 15) is 4.79 Å². The van der Waals surface area contributed by atoms with E-state index < -0.39 is 5.60 Å². The number of nitrogens with zero attached hydrogens (tertiary/aromatic N) is 2. The maximum Gasteiger partial charge on any atom is 0.410 e. The fraction of sp³-hybridized carbons (Fsp3) is 0.688. The van der Waals surface area contributed by atoms with E-state index in [0.29, 0.717) is 6.54 Å². The molecule has 2 aliphatic rings. The Balaban J connectivity index is 1.80. The van der Waals surface area contributed by atoms with Crippen LogP contribution in [0.15, 0.2) is 18.3 Å². The summed E-state index contributed by atoms with van der Waals surface area (Å²) in [5.41, 5.74) is 0.737. The van der Waals surface area contributed by atoms with Gasteiger partial charge in [-0.25, -0.2) is 4.79 Å². The van der Waals surface area contributed by atoms with Gasteiger partial charge < -0.3 is 19.5 Å². The summed E-state index contributed by atoms with van der Waals surface area (Å²) in [4.78, 5) is 14.2. The molecule has 0 radical (unpaired) electrons. The Morgan fingerprint density at radius 1 is 1.38 bits per heavy atom. The van der Waals surface area contributed by atoms with Crippen LogP contribution in [0.25, 0.3) is 0 Å². The minimum Gasteiger partial charge on any atom is -0.444 e. The largest absolute Gasteiger partial charge is 0.444 e. The number of hydrogen-bond acceptors (Lipinski definition) is 3. The third-order valence-corrected chi connectivity index (χ3v) is 4.28. The predicted molar refractivity (Wildman–Crippen MR) is 81.2 cm³/mol. The zero-order valence-electron chi connectivity index (χ0n) is 13.2. The Morgan fingerprint density at radius 2 is 2.19 bits per heavy atom. The fourth-order valence-electron chi connectivity index (χ4n) is 3.44. The first-order valence-electron chi connectivity index (χ1n) is 7.78. The van der Waals surface area contributed by atoms with Gasteiger partial charge in [0, 0.05) is 38.1 Å². The van der Waals surface area contributed by atoms with Crippen molar-refractivity contribution in [3.63, 3.8) is 0 Å². The Labute approximate surface area is 126 Å². The van der Waals surface area contributed by atoms with E-state index in [2.05, 4.69) is 28.2 Å². The topological polar surface area (TPSA) is 46.5 Å². The number of hydrogen-bond donors (Lipinski definition) is 1. The number of aromatic nitrogens is 1. The SMILES string of the molecule is CC(C)(C)OC(=O)N1CCCC2(C1)NCCn1cccc12. The number of piperidine rings is 1. The summed E-state index contributed by atoms with van der Waals surface area (Å²) in [6.45, 7) is 9.14. The standard InChI is InChI=1S/C16H25N3O2/c1-15(2,3)21-14(20)19-10-5-7-16(12-19)13-6-4-9-18(13)11-8-17-16/h4,6,9,17H,5,7-8,10-12H2,1-3H3. The van der Waals surface area contributed by atoms with Gasteiger partial charge in [0.15, 0.2) is 0 Å². The van der Waals surface area contributed by atoms with Crippen molar-refractivity contribution in [3.8, 4) is 0 Å². The Kier molecular flexibility index (Phi) is 3.48. The van der Waals surface area contributed by atoms with Crippen LogP contribution < -0.4 is 5.32 Å². The molecule has 1 saturated heterocycles. The zero-order chi connectivity index (χ0) is 15.1. The molecule has 0 aliphatic carbocycles. The number of amides is 1. The molecule has 3 heterocycles. The third-order valence-electron chi connectivity index (χ3n) is 4.28. The molecule has 3 rings (SSSR count). The molecule has 1 aromatic rings. The van der Waals surface area contributed by atoms with E-state index in [1.54, 1.807) is 0 Å². The smallest absolute Gasteiger partial charge is 0.410 e. The summed E-state index contributed by atoms with van der Waals surface area (Å²) in [7, 11) is 0. The van der Waals surface area contributed by atoms with E-state index in [-0.39, 0.29) is 11.6 Å². The van der Waals surface area contributed by atoms with Gasteiger partial charge in [-0.2, -0.15) is 0 Å². The molecule has 1 fully saturated rings. The van der Waals surface area contributed by atoms with Gasteiger partial charge >= 0.3 is 6.09 Å². The van der Waals surface area contributed by atoms with Crippen molar-refractivity contribution >= 4 is 6.09 Å². The lowest BCUT2D eigenvalue weighted by atomic mass is 9.84. The molecule has 5 heteroatoms. The molecule has 1 spiro atoms. The van der Waals surface area contributed by atoms with Crippen molar-refractivity contribution in [3.05, 3.63) is 24.0 Å². The molecule has 0 bridgehead atoms. The number of carbonyl (C=O) groups is 1. The van der Waals surface area contributed by atoms with Crippen LogP contribution in [0, 0.1) is 0 Å². The van der Waals surface area contributed by atoms with Crippen LogP contribution in [0.1, 0.15) is 39.3 Å². The van der Waals surface area contributed by atoms with Crippen LogP contribution in [-0.2, 0) is 16.8 Å². The second-order valence-corrected chi connectivity index (χ2v) is 7.10. The number of ether oxygens (including phenoxy) is 1. The van der Waals surface area contributed by atoms with Crippen molar-refractivity contribution in [1.82, 2.24) is 14.8 Å². The van der Waals surface area contributed by atoms with Crippen LogP contribution in [0.5, 0.6) is 0 Å². The number of likely N-dealkylation sites (tertiary alicyclic amines) is 1. The second kappa shape index (κ2) is 5.05. The summed E-state index contributed by atoms with van der Waals surface area (Å²) in [5, 5.41) is 3.65. The van der Waals surface area contributed by atoms with E-state index >= 15 is 0 Å². The minimum atomic E-state index is -0.443. The molecule has 5 nitrogen and oxygen atoms in total. The van der Waals surface area contributed by atoms with Crippen LogP contribution in [0.2, 0.25) is 0 Å². The summed E-state index contributed by atoms with van der Waals surface area (Å²) < 4.78 is 7.83. The van der Waals surface area contributed by atoms with Gasteiger partial charge in [0.25, 0.3) is 0 Å². The van der Waals surface area contributed by atoms with E-state index in [1.165, 1.54) is 5.69 Å². The highest BCUT2D eigenvalue weighted by molar-refractivity contribution is 5.68. The fourth-order valence-corrected chi connectivity index (χ4v) is 3.44. The van der Waals surface area contributed by atoms with Gasteiger partial charge in [-0.3, -0.25) is 0 Å². The number of carbonyl (C=O) groups excluding carboxylic acids is 1. The van der Waals surface area contributed by atoms with Gasteiger partial charge in [-0.05, 0) is 45.7 Å². The molecule has 116 valence electrons. The van der Waals surface area contributed by atoms with Gasteiger partial charge in [0.2, 0.25) is 0 Å². The van der Waals surface area contributed by atoms with E-state index in [1.807, 2.05) is 25.7 Å². The average molecular weight is 291 g/mol. The van der Waals surface area contributed by atoms with Gasteiger partial charge in [0.05, 0.1) is 5.54 Å². The number of nitrogens with one attached hydrogen (secondary N) is 1. The monoisotopic (exact) mass is 291 g/mol. The molecule has 1 aromatic heterocycles. The quantitative estimate of drug-likeness (QED) is 0.798. The van der Waals surface area contributed by atoms with Crippen molar-refractivity contribution in [2.75, 3.05) is 19.6 Å². The second-order valence-electron chi connectivity index (χ2n) is 7.10. The third kappa shape index (κ3) is 2.79. The van der Waals surface area contributed by atoms with Crippen LogP contribution >= 0.6 is 0 Å². The van der Waals surface area contributed by atoms with Crippen LogP contribution in [-0.4, -0.2) is 40.8 Å². The average Bonchev–Trinajstić information content (AvgIpc) is 2.87. The van der Waals surface area contributed by atoms with Crippen molar-refractivity contribution in [2.45, 2.75) is 51.3 Å². The molecular weight excluding hydrogens is 266 g/mol. The first-order chi connectivity index (χ1) is 9.90. The Hall–Kier alpha value is -1.49. The molecular formula is C16H25N3O2. The molecule has 0 aromatic carbocycles. The molecule has 2 aliphatic heterocycles. The molecule has 21 heavy (non-hydrogen) atoms. The van der Waals surface area contributed by atoms with E-state index in [4.69, 9.17) is 4.74 Å².